The topological polar surface area (TPSA) is 68.2 Å². The van der Waals surface area contributed by atoms with Crippen LogP contribution in [0, 0.1) is 12.7 Å². The molecule has 0 saturated carbocycles. The molecule has 122 valence electrons. The average Bonchev–Trinajstić information content (AvgIpc) is 3.18. The molecule has 0 unspecified atom stereocenters. The Labute approximate surface area is 137 Å². The fourth-order valence-electron chi connectivity index (χ4n) is 2.51. The summed E-state index contributed by atoms with van der Waals surface area (Å²) in [5.74, 6) is -0.673. The molecule has 2 aromatic rings. The van der Waals surface area contributed by atoms with Crippen LogP contribution < -0.4 is 4.74 Å². The largest absolute Gasteiger partial charge is 0.470 e. The van der Waals surface area contributed by atoms with E-state index in [1.807, 2.05) is 13.8 Å². The van der Waals surface area contributed by atoms with Gasteiger partial charge in [-0.1, -0.05) is 6.92 Å². The molecule has 0 aromatic carbocycles. The summed E-state index contributed by atoms with van der Waals surface area (Å²) in [6.45, 7) is 4.65. The van der Waals surface area contributed by atoms with Crippen molar-refractivity contribution in [2.75, 3.05) is 13.1 Å². The van der Waals surface area contributed by atoms with Gasteiger partial charge in [-0.15, -0.1) is 11.3 Å². The van der Waals surface area contributed by atoms with Crippen LogP contribution in [0.3, 0.4) is 0 Å². The molecule has 1 saturated heterocycles. The molecular weight excluding hydrogens is 319 g/mol. The van der Waals surface area contributed by atoms with Crippen LogP contribution >= 0.6 is 11.3 Å². The van der Waals surface area contributed by atoms with Gasteiger partial charge < -0.3 is 9.64 Å². The van der Waals surface area contributed by atoms with Gasteiger partial charge in [0.2, 0.25) is 5.82 Å². The summed E-state index contributed by atoms with van der Waals surface area (Å²) in [6.07, 6.45) is 2.14. The Bertz CT molecular complexity index is 721. The van der Waals surface area contributed by atoms with E-state index >= 15 is 0 Å². The number of ether oxygens (including phenoxy) is 1. The molecular formula is C15H17FN4O2S. The number of hydrogen-bond donors (Lipinski definition) is 0. The Hall–Kier alpha value is -2.09. The lowest BCUT2D eigenvalue weighted by atomic mass is 10.3. The van der Waals surface area contributed by atoms with Crippen LogP contribution in [0.15, 0.2) is 11.7 Å². The lowest BCUT2D eigenvalue weighted by Gasteiger charge is -2.16. The summed E-state index contributed by atoms with van der Waals surface area (Å²) in [5, 5.41) is 2.61. The highest BCUT2D eigenvalue weighted by Crippen LogP contribution is 2.22. The molecule has 0 bridgehead atoms. The zero-order valence-corrected chi connectivity index (χ0v) is 13.8. The molecule has 0 N–H and O–H groups in total. The Morgan fingerprint density at radius 2 is 2.35 bits per heavy atom. The summed E-state index contributed by atoms with van der Waals surface area (Å²) in [4.78, 5) is 26.0. The number of thiazole rings is 1. The smallest absolute Gasteiger partial charge is 0.273 e. The van der Waals surface area contributed by atoms with Crippen molar-refractivity contribution < 1.29 is 13.9 Å². The van der Waals surface area contributed by atoms with E-state index in [2.05, 4.69) is 15.0 Å². The number of carbonyl (C=O) groups excluding carboxylic acids is 1. The molecule has 0 radical (unpaired) electrons. The van der Waals surface area contributed by atoms with Crippen LogP contribution in [0.2, 0.25) is 0 Å². The van der Waals surface area contributed by atoms with E-state index in [1.165, 1.54) is 17.7 Å². The van der Waals surface area contributed by atoms with E-state index in [-0.39, 0.29) is 17.9 Å². The highest BCUT2D eigenvalue weighted by Gasteiger charge is 2.30. The SMILES string of the molecule is CCc1ncnc(O[C@@H]2CCN(C(=O)c3csc(C)n3)C2)c1F. The number of halogens is 1. The predicted octanol–water partition coefficient (Wildman–Crippen LogP) is 2.24. The van der Waals surface area contributed by atoms with Gasteiger partial charge >= 0.3 is 0 Å². The summed E-state index contributed by atoms with van der Waals surface area (Å²) in [6, 6.07) is 0. The van der Waals surface area contributed by atoms with Crippen molar-refractivity contribution in [1.29, 1.82) is 0 Å². The van der Waals surface area contributed by atoms with Crippen molar-refractivity contribution in [1.82, 2.24) is 19.9 Å². The molecule has 0 aliphatic carbocycles. The van der Waals surface area contributed by atoms with E-state index in [1.54, 1.807) is 10.3 Å². The Morgan fingerprint density at radius 3 is 3.04 bits per heavy atom. The first kappa shape index (κ1) is 15.8. The first-order valence-corrected chi connectivity index (χ1v) is 8.34. The molecule has 3 heterocycles. The standard InChI is InChI=1S/C15H17FN4O2S/c1-3-11-13(16)14(18-8-17-11)22-10-4-5-20(6-10)15(21)12-7-23-9(2)19-12/h7-8,10H,3-6H2,1-2H3/t10-/m1/s1. The number of likely N-dealkylation sites (tertiary alicyclic amines) is 1. The monoisotopic (exact) mass is 336 g/mol. The lowest BCUT2D eigenvalue weighted by molar-refractivity contribution is 0.0765. The van der Waals surface area contributed by atoms with Crippen LogP contribution in [0.1, 0.15) is 34.5 Å². The number of amides is 1. The number of aromatic nitrogens is 3. The molecule has 1 aliphatic rings. The molecule has 0 spiro atoms. The molecule has 1 aliphatic heterocycles. The number of aryl methyl sites for hydroxylation is 2. The fraction of sp³-hybridized carbons (Fsp3) is 0.467. The minimum Gasteiger partial charge on any atom is -0.470 e. The van der Waals surface area contributed by atoms with Crippen molar-refractivity contribution >= 4 is 17.2 Å². The van der Waals surface area contributed by atoms with E-state index in [0.717, 1.165) is 5.01 Å². The first-order valence-electron chi connectivity index (χ1n) is 7.46. The number of nitrogens with zero attached hydrogens (tertiary/aromatic N) is 4. The van der Waals surface area contributed by atoms with Crippen LogP contribution in [0.4, 0.5) is 4.39 Å². The molecule has 8 heteroatoms. The second kappa shape index (κ2) is 6.57. The quantitative estimate of drug-likeness (QED) is 0.856. The number of rotatable bonds is 4. The third kappa shape index (κ3) is 3.31. The summed E-state index contributed by atoms with van der Waals surface area (Å²) in [5.41, 5.74) is 0.786. The second-order valence-electron chi connectivity index (χ2n) is 5.32. The fourth-order valence-corrected chi connectivity index (χ4v) is 3.09. The highest BCUT2D eigenvalue weighted by molar-refractivity contribution is 7.09. The number of hydrogen-bond acceptors (Lipinski definition) is 6. The maximum atomic E-state index is 14.1. The van der Waals surface area contributed by atoms with Crippen LogP contribution in [0.5, 0.6) is 5.88 Å². The van der Waals surface area contributed by atoms with Crippen LogP contribution in [0.25, 0.3) is 0 Å². The van der Waals surface area contributed by atoms with Gasteiger partial charge in [0.1, 0.15) is 18.1 Å². The predicted molar refractivity (Wildman–Crippen MR) is 83.2 cm³/mol. The molecule has 23 heavy (non-hydrogen) atoms. The van der Waals surface area contributed by atoms with Gasteiger partial charge in [-0.3, -0.25) is 4.79 Å². The van der Waals surface area contributed by atoms with Crippen LogP contribution in [-0.4, -0.2) is 45.0 Å². The van der Waals surface area contributed by atoms with Gasteiger partial charge in [0, 0.05) is 18.3 Å². The molecule has 1 amide bonds. The minimum atomic E-state index is -0.519. The average molecular weight is 336 g/mol. The Kier molecular flexibility index (Phi) is 4.51. The summed E-state index contributed by atoms with van der Waals surface area (Å²) >= 11 is 1.44. The van der Waals surface area contributed by atoms with E-state index in [4.69, 9.17) is 4.74 Å². The normalized spacial score (nSPS) is 17.5. The maximum Gasteiger partial charge on any atom is 0.273 e. The van der Waals surface area contributed by atoms with Crippen molar-refractivity contribution in [3.63, 3.8) is 0 Å². The van der Waals surface area contributed by atoms with Gasteiger partial charge in [0.25, 0.3) is 11.8 Å². The summed E-state index contributed by atoms with van der Waals surface area (Å²) in [7, 11) is 0. The third-order valence-electron chi connectivity index (χ3n) is 3.71. The van der Waals surface area contributed by atoms with Gasteiger partial charge in [-0.2, -0.15) is 9.37 Å². The first-order chi connectivity index (χ1) is 11.1. The highest BCUT2D eigenvalue weighted by atomic mass is 32.1. The van der Waals surface area contributed by atoms with Gasteiger partial charge in [0.05, 0.1) is 17.2 Å². The number of carbonyl (C=O) groups is 1. The minimum absolute atomic E-state index is 0.0411. The molecule has 6 nitrogen and oxygen atoms in total. The van der Waals surface area contributed by atoms with Crippen molar-refractivity contribution in [2.24, 2.45) is 0 Å². The Balaban J connectivity index is 1.65. The molecule has 1 atom stereocenters. The van der Waals surface area contributed by atoms with Crippen molar-refractivity contribution in [2.45, 2.75) is 32.8 Å². The van der Waals surface area contributed by atoms with E-state index < -0.39 is 5.82 Å². The zero-order valence-electron chi connectivity index (χ0n) is 13.0. The van der Waals surface area contributed by atoms with Gasteiger partial charge in [-0.25, -0.2) is 9.97 Å². The maximum absolute atomic E-state index is 14.1. The molecule has 1 fully saturated rings. The van der Waals surface area contributed by atoms with E-state index in [0.29, 0.717) is 37.3 Å². The van der Waals surface area contributed by atoms with Crippen molar-refractivity contribution in [3.05, 3.63) is 33.9 Å². The van der Waals surface area contributed by atoms with Crippen LogP contribution in [-0.2, 0) is 6.42 Å². The molecule has 3 rings (SSSR count). The third-order valence-corrected chi connectivity index (χ3v) is 4.49. The molecule has 2 aromatic heterocycles. The summed E-state index contributed by atoms with van der Waals surface area (Å²) < 4.78 is 19.7. The van der Waals surface area contributed by atoms with Gasteiger partial charge in [0.15, 0.2) is 0 Å². The zero-order chi connectivity index (χ0) is 16.4. The van der Waals surface area contributed by atoms with Crippen molar-refractivity contribution in [3.8, 4) is 5.88 Å². The Morgan fingerprint density at radius 1 is 1.52 bits per heavy atom. The second-order valence-corrected chi connectivity index (χ2v) is 6.39. The lowest BCUT2D eigenvalue weighted by Crippen LogP contribution is -2.31. The van der Waals surface area contributed by atoms with Gasteiger partial charge in [-0.05, 0) is 13.3 Å². The van der Waals surface area contributed by atoms with E-state index in [9.17, 15) is 9.18 Å².